The largest absolute Gasteiger partial charge is 0.481 e. The van der Waals surface area contributed by atoms with Gasteiger partial charge in [0.05, 0.1) is 5.92 Å². The van der Waals surface area contributed by atoms with Crippen LogP contribution in [0.3, 0.4) is 0 Å². The molecule has 0 rings (SSSR count). The van der Waals surface area contributed by atoms with Gasteiger partial charge in [-0.15, -0.1) is 0 Å². The van der Waals surface area contributed by atoms with E-state index < -0.39 is 5.97 Å². The van der Waals surface area contributed by atoms with Crippen molar-refractivity contribution in [1.82, 2.24) is 5.32 Å². The van der Waals surface area contributed by atoms with Crippen LogP contribution in [0.1, 0.15) is 47.5 Å². The molecule has 3 nitrogen and oxygen atoms in total. The third-order valence-corrected chi connectivity index (χ3v) is 3.28. The average molecular weight is 201 g/mol. The Balaban J connectivity index is 4.29. The molecular formula is C11H23NO2. The molecule has 2 N–H and O–H groups in total. The zero-order valence-electron chi connectivity index (χ0n) is 9.92. The number of carbonyl (C=O) groups is 1. The van der Waals surface area contributed by atoms with E-state index >= 15 is 0 Å². The lowest BCUT2D eigenvalue weighted by molar-refractivity contribution is -0.142. The highest BCUT2D eigenvalue weighted by Crippen LogP contribution is 2.16. The molecule has 0 aliphatic heterocycles. The fourth-order valence-electron chi connectivity index (χ4n) is 1.34. The van der Waals surface area contributed by atoms with Crippen LogP contribution in [0.5, 0.6) is 0 Å². The molecule has 0 saturated carbocycles. The quantitative estimate of drug-likeness (QED) is 0.693. The lowest BCUT2D eigenvalue weighted by Crippen LogP contribution is -2.49. The van der Waals surface area contributed by atoms with Crippen molar-refractivity contribution in [3.8, 4) is 0 Å². The summed E-state index contributed by atoms with van der Waals surface area (Å²) in [5.41, 5.74) is 0.0587. The molecule has 2 atom stereocenters. The van der Waals surface area contributed by atoms with Crippen molar-refractivity contribution in [2.24, 2.45) is 5.92 Å². The van der Waals surface area contributed by atoms with Crippen molar-refractivity contribution in [3.05, 3.63) is 0 Å². The molecule has 0 aliphatic rings. The highest BCUT2D eigenvalue weighted by atomic mass is 16.4. The molecule has 14 heavy (non-hydrogen) atoms. The van der Waals surface area contributed by atoms with E-state index in [4.69, 9.17) is 5.11 Å². The van der Waals surface area contributed by atoms with Crippen molar-refractivity contribution in [2.75, 3.05) is 0 Å². The summed E-state index contributed by atoms with van der Waals surface area (Å²) < 4.78 is 0. The summed E-state index contributed by atoms with van der Waals surface area (Å²) >= 11 is 0. The Labute approximate surface area is 86.9 Å². The van der Waals surface area contributed by atoms with Crippen molar-refractivity contribution in [3.63, 3.8) is 0 Å². The second kappa shape index (κ2) is 5.35. The first-order valence-corrected chi connectivity index (χ1v) is 5.36. The Hall–Kier alpha value is -0.570. The fourth-order valence-corrected chi connectivity index (χ4v) is 1.34. The minimum Gasteiger partial charge on any atom is -0.481 e. The fraction of sp³-hybridized carbons (Fsp3) is 0.909. The van der Waals surface area contributed by atoms with E-state index in [9.17, 15) is 4.79 Å². The molecular weight excluding hydrogens is 178 g/mol. The number of hydrogen-bond acceptors (Lipinski definition) is 2. The van der Waals surface area contributed by atoms with Gasteiger partial charge in [0.15, 0.2) is 0 Å². The Morgan fingerprint density at radius 1 is 1.36 bits per heavy atom. The summed E-state index contributed by atoms with van der Waals surface area (Å²) in [5, 5.41) is 12.2. The van der Waals surface area contributed by atoms with E-state index in [1.54, 1.807) is 6.92 Å². The molecule has 0 aromatic heterocycles. The van der Waals surface area contributed by atoms with Gasteiger partial charge in [0, 0.05) is 11.6 Å². The maximum absolute atomic E-state index is 10.8. The molecule has 0 aromatic rings. The van der Waals surface area contributed by atoms with Crippen molar-refractivity contribution < 1.29 is 9.90 Å². The summed E-state index contributed by atoms with van der Waals surface area (Å²) in [6, 6.07) is 0.0115. The van der Waals surface area contributed by atoms with Crippen LogP contribution in [-0.2, 0) is 4.79 Å². The minimum absolute atomic E-state index is 0.0115. The number of hydrogen-bond donors (Lipinski definition) is 2. The molecule has 0 fully saturated rings. The molecule has 0 saturated heterocycles. The van der Waals surface area contributed by atoms with Gasteiger partial charge in [-0.1, -0.05) is 20.8 Å². The lowest BCUT2D eigenvalue weighted by atomic mass is 9.92. The summed E-state index contributed by atoms with van der Waals surface area (Å²) in [4.78, 5) is 10.8. The summed E-state index contributed by atoms with van der Waals surface area (Å²) in [5.74, 6) is -1.08. The van der Waals surface area contributed by atoms with Crippen molar-refractivity contribution >= 4 is 5.97 Å². The third kappa shape index (κ3) is 3.66. The molecule has 0 amide bonds. The number of carboxylic acids is 1. The van der Waals surface area contributed by atoms with Crippen LogP contribution >= 0.6 is 0 Å². The smallest absolute Gasteiger partial charge is 0.307 e. The zero-order chi connectivity index (χ0) is 11.4. The minimum atomic E-state index is -0.737. The average Bonchev–Trinajstić information content (AvgIpc) is 2.16. The molecule has 0 aliphatic carbocycles. The molecule has 0 aromatic carbocycles. The third-order valence-electron chi connectivity index (χ3n) is 3.28. The first-order chi connectivity index (χ1) is 6.36. The molecule has 3 heteroatoms. The predicted molar refractivity (Wildman–Crippen MR) is 58.4 cm³/mol. The van der Waals surface area contributed by atoms with E-state index in [0.29, 0.717) is 0 Å². The van der Waals surface area contributed by atoms with Gasteiger partial charge in [0.25, 0.3) is 0 Å². The first kappa shape index (κ1) is 13.4. The van der Waals surface area contributed by atoms with Crippen molar-refractivity contribution in [1.29, 1.82) is 0 Å². The molecule has 84 valence electrons. The maximum Gasteiger partial charge on any atom is 0.307 e. The Morgan fingerprint density at radius 3 is 2.07 bits per heavy atom. The molecule has 0 heterocycles. The summed E-state index contributed by atoms with van der Waals surface area (Å²) in [7, 11) is 0. The van der Waals surface area contributed by atoms with Gasteiger partial charge in [-0.3, -0.25) is 4.79 Å². The molecule has 0 spiro atoms. The Morgan fingerprint density at radius 2 is 1.79 bits per heavy atom. The predicted octanol–water partition coefficient (Wildman–Crippen LogP) is 2.26. The lowest BCUT2D eigenvalue weighted by Gasteiger charge is -2.33. The van der Waals surface area contributed by atoms with Crippen LogP contribution in [0, 0.1) is 5.92 Å². The Kier molecular flexibility index (Phi) is 5.13. The SMILES string of the molecule is CCC(C)(CC)NC(C)C(C)C(=O)O. The molecule has 0 bridgehead atoms. The van der Waals surface area contributed by atoms with Gasteiger partial charge in [-0.2, -0.15) is 0 Å². The number of nitrogens with one attached hydrogen (secondary N) is 1. The monoisotopic (exact) mass is 201 g/mol. The van der Waals surface area contributed by atoms with E-state index in [-0.39, 0.29) is 17.5 Å². The van der Waals surface area contributed by atoms with Crippen LogP contribution in [0.2, 0.25) is 0 Å². The van der Waals surface area contributed by atoms with Crippen LogP contribution < -0.4 is 5.32 Å². The van der Waals surface area contributed by atoms with E-state index in [1.165, 1.54) is 0 Å². The van der Waals surface area contributed by atoms with Crippen molar-refractivity contribution in [2.45, 2.75) is 59.0 Å². The van der Waals surface area contributed by atoms with Crippen LogP contribution in [0.4, 0.5) is 0 Å². The maximum atomic E-state index is 10.8. The van der Waals surface area contributed by atoms with Gasteiger partial charge in [-0.05, 0) is 26.7 Å². The highest BCUT2D eigenvalue weighted by molar-refractivity contribution is 5.70. The van der Waals surface area contributed by atoms with Gasteiger partial charge >= 0.3 is 5.97 Å². The van der Waals surface area contributed by atoms with E-state index in [2.05, 4.69) is 26.1 Å². The van der Waals surface area contributed by atoms with Gasteiger partial charge in [-0.25, -0.2) is 0 Å². The Bertz CT molecular complexity index is 188. The molecule has 0 radical (unpaired) electrons. The van der Waals surface area contributed by atoms with Crippen LogP contribution in [0.15, 0.2) is 0 Å². The second-order valence-electron chi connectivity index (χ2n) is 4.33. The number of rotatable bonds is 6. The standard InChI is InChI=1S/C11H23NO2/c1-6-11(5,7-2)12-9(4)8(3)10(13)14/h8-9,12H,6-7H2,1-5H3,(H,13,14). The molecule has 2 unspecified atom stereocenters. The second-order valence-corrected chi connectivity index (χ2v) is 4.33. The van der Waals surface area contributed by atoms with Gasteiger partial charge in [0.2, 0.25) is 0 Å². The van der Waals surface area contributed by atoms with Crippen LogP contribution in [-0.4, -0.2) is 22.7 Å². The summed E-state index contributed by atoms with van der Waals surface area (Å²) in [6.07, 6.45) is 2.03. The summed E-state index contributed by atoms with van der Waals surface area (Å²) in [6.45, 7) is 10.1. The van der Waals surface area contributed by atoms with E-state index in [1.807, 2.05) is 6.92 Å². The number of carboxylic acid groups (broad SMARTS) is 1. The van der Waals surface area contributed by atoms with Gasteiger partial charge < -0.3 is 10.4 Å². The van der Waals surface area contributed by atoms with E-state index in [0.717, 1.165) is 12.8 Å². The van der Waals surface area contributed by atoms with Crippen LogP contribution in [0.25, 0.3) is 0 Å². The van der Waals surface area contributed by atoms with Gasteiger partial charge in [0.1, 0.15) is 0 Å². The normalized spacial score (nSPS) is 16.4. The number of aliphatic carboxylic acids is 1. The zero-order valence-corrected chi connectivity index (χ0v) is 9.92. The topological polar surface area (TPSA) is 49.3 Å². The highest BCUT2D eigenvalue weighted by Gasteiger charge is 2.26. The first-order valence-electron chi connectivity index (χ1n) is 5.36.